The molecule has 0 spiro atoms. The van der Waals surface area contributed by atoms with Crippen LogP contribution in [0, 0.1) is 10.1 Å². The second kappa shape index (κ2) is 6.92. The summed E-state index contributed by atoms with van der Waals surface area (Å²) < 4.78 is 5.08. The van der Waals surface area contributed by atoms with Crippen molar-refractivity contribution in [3.8, 4) is 5.75 Å². The predicted octanol–water partition coefficient (Wildman–Crippen LogP) is 0.343. The van der Waals surface area contributed by atoms with Gasteiger partial charge < -0.3 is 20.7 Å². The number of carbonyl (C=O) groups excluding carboxylic acids is 1. The average molecular weight is 281 g/mol. The van der Waals surface area contributed by atoms with Crippen LogP contribution in [0.25, 0.3) is 0 Å². The van der Waals surface area contributed by atoms with Gasteiger partial charge in [-0.05, 0) is 17.7 Å². The summed E-state index contributed by atoms with van der Waals surface area (Å²) in [6.45, 7) is 0.219. The number of guanidine groups is 1. The zero-order valence-corrected chi connectivity index (χ0v) is 11.1. The Morgan fingerprint density at radius 1 is 1.55 bits per heavy atom. The molecule has 0 radical (unpaired) electrons. The maximum atomic E-state index is 11.4. The van der Waals surface area contributed by atoms with Crippen molar-refractivity contribution in [2.75, 3.05) is 14.1 Å². The summed E-state index contributed by atoms with van der Waals surface area (Å²) >= 11 is 0. The molecule has 0 atom stereocenters. The van der Waals surface area contributed by atoms with E-state index in [0.29, 0.717) is 5.75 Å². The third kappa shape index (κ3) is 5.21. The van der Waals surface area contributed by atoms with E-state index in [1.165, 1.54) is 4.90 Å². The summed E-state index contributed by atoms with van der Waals surface area (Å²) in [4.78, 5) is 22.8. The number of hydrazone groups is 1. The van der Waals surface area contributed by atoms with E-state index in [1.807, 2.05) is 0 Å². The van der Waals surface area contributed by atoms with Gasteiger partial charge in [0.15, 0.2) is 5.03 Å². The van der Waals surface area contributed by atoms with Gasteiger partial charge in [0.2, 0.25) is 0 Å². The fourth-order valence-electron chi connectivity index (χ4n) is 1.23. The molecule has 0 aliphatic rings. The third-order valence-corrected chi connectivity index (χ3v) is 2.13. The second-order valence-corrected chi connectivity index (χ2v) is 3.99. The number of ether oxygens (including phenoxy) is 1. The monoisotopic (exact) mass is 281 g/mol. The van der Waals surface area contributed by atoms with Crippen LogP contribution in [0.4, 0.5) is 4.79 Å². The van der Waals surface area contributed by atoms with Crippen molar-refractivity contribution >= 4 is 12.1 Å². The lowest BCUT2D eigenvalue weighted by Crippen LogP contribution is -2.31. The number of rotatable bonds is 4. The molecule has 0 aliphatic heterocycles. The molecule has 9 heteroatoms. The number of nitrogens with one attached hydrogen (secondary N) is 1. The van der Waals surface area contributed by atoms with Crippen molar-refractivity contribution in [3.63, 3.8) is 0 Å². The molecule has 0 unspecified atom stereocenters. The molecule has 0 saturated heterocycles. The summed E-state index contributed by atoms with van der Waals surface area (Å²) in [5.74, 6) is 0.0680. The number of nitrogens with zero attached hydrogens (tertiary/aromatic N) is 3. The minimum absolute atomic E-state index is 0.219. The Hall–Kier alpha value is -2.84. The standard InChI is InChI=1S/C11H15N5O4/c1-15(2)11(17)20-9-5-3-4-8(6-9)7-13-10(12)14-16(18)19/h3-6H,7H2,1-2H3,(H3,12,13,14). The number of hydrogen-bond acceptors (Lipinski definition) is 4. The van der Waals surface area contributed by atoms with Crippen molar-refractivity contribution in [2.24, 2.45) is 10.8 Å². The average Bonchev–Trinajstić information content (AvgIpc) is 2.36. The van der Waals surface area contributed by atoms with Gasteiger partial charge in [-0.15, -0.1) is 0 Å². The molecule has 1 aromatic rings. The number of carbonyl (C=O) groups is 1. The number of nitro groups is 1. The fraction of sp³-hybridized carbons (Fsp3) is 0.273. The Balaban J connectivity index is 2.64. The van der Waals surface area contributed by atoms with Crippen LogP contribution in [0.5, 0.6) is 5.75 Å². The SMILES string of the molecule is CN(C)C(=O)Oc1cccc(CN/C(N)=N\[N+](=O)[O-])c1. The van der Waals surface area contributed by atoms with Crippen LogP contribution in [0.3, 0.4) is 0 Å². The molecule has 0 heterocycles. The van der Waals surface area contributed by atoms with Gasteiger partial charge in [-0.3, -0.25) is 0 Å². The minimum Gasteiger partial charge on any atom is -0.410 e. The lowest BCUT2D eigenvalue weighted by Gasteiger charge is -2.11. The summed E-state index contributed by atoms with van der Waals surface area (Å²) in [5.41, 5.74) is 6.02. The molecule has 0 aliphatic carbocycles. The maximum absolute atomic E-state index is 11.4. The molecule has 108 valence electrons. The van der Waals surface area contributed by atoms with Gasteiger partial charge in [0.25, 0.3) is 5.96 Å². The van der Waals surface area contributed by atoms with E-state index in [9.17, 15) is 14.9 Å². The Kier molecular flexibility index (Phi) is 5.27. The molecule has 20 heavy (non-hydrogen) atoms. The first kappa shape index (κ1) is 15.2. The van der Waals surface area contributed by atoms with Gasteiger partial charge in [0.1, 0.15) is 10.9 Å². The first-order valence-corrected chi connectivity index (χ1v) is 5.59. The van der Waals surface area contributed by atoms with E-state index >= 15 is 0 Å². The number of amides is 1. The molecule has 9 nitrogen and oxygen atoms in total. The van der Waals surface area contributed by atoms with Crippen LogP contribution in [0.1, 0.15) is 5.56 Å². The zero-order chi connectivity index (χ0) is 15.1. The smallest absolute Gasteiger partial charge is 0.410 e. The Morgan fingerprint density at radius 2 is 2.25 bits per heavy atom. The van der Waals surface area contributed by atoms with Gasteiger partial charge >= 0.3 is 6.09 Å². The first-order valence-electron chi connectivity index (χ1n) is 5.59. The topological polar surface area (TPSA) is 123 Å². The van der Waals surface area contributed by atoms with Crippen molar-refractivity contribution < 1.29 is 14.6 Å². The first-order chi connectivity index (χ1) is 9.38. The highest BCUT2D eigenvalue weighted by molar-refractivity contribution is 5.77. The number of hydrogen-bond donors (Lipinski definition) is 2. The van der Waals surface area contributed by atoms with Crippen molar-refractivity contribution in [3.05, 3.63) is 39.9 Å². The summed E-state index contributed by atoms with van der Waals surface area (Å²) in [6, 6.07) is 6.68. The molecule has 0 bridgehead atoms. The maximum Gasteiger partial charge on any atom is 0.414 e. The van der Waals surface area contributed by atoms with E-state index in [0.717, 1.165) is 5.56 Å². The molecular formula is C11H15N5O4. The Labute approximate surface area is 115 Å². The summed E-state index contributed by atoms with van der Waals surface area (Å²) in [6.07, 6.45) is -0.496. The third-order valence-electron chi connectivity index (χ3n) is 2.13. The lowest BCUT2D eigenvalue weighted by molar-refractivity contribution is -0.485. The Bertz CT molecular complexity index is 529. The van der Waals surface area contributed by atoms with E-state index in [4.69, 9.17) is 10.5 Å². The van der Waals surface area contributed by atoms with Crippen LogP contribution in [0.2, 0.25) is 0 Å². The van der Waals surface area contributed by atoms with Gasteiger partial charge in [0.05, 0.1) is 0 Å². The van der Waals surface area contributed by atoms with E-state index in [1.54, 1.807) is 38.4 Å². The Morgan fingerprint density at radius 3 is 2.85 bits per heavy atom. The number of nitrogens with two attached hydrogens (primary N) is 1. The largest absolute Gasteiger partial charge is 0.414 e. The van der Waals surface area contributed by atoms with Crippen LogP contribution in [-0.2, 0) is 6.54 Å². The molecule has 1 amide bonds. The van der Waals surface area contributed by atoms with E-state index in [2.05, 4.69) is 10.4 Å². The predicted molar refractivity (Wildman–Crippen MR) is 71.6 cm³/mol. The highest BCUT2D eigenvalue weighted by atomic mass is 16.7. The molecule has 0 saturated carbocycles. The highest BCUT2D eigenvalue weighted by Gasteiger charge is 2.07. The normalized spacial score (nSPS) is 10.8. The van der Waals surface area contributed by atoms with E-state index < -0.39 is 11.1 Å². The molecule has 1 rings (SSSR count). The van der Waals surface area contributed by atoms with Crippen molar-refractivity contribution in [1.82, 2.24) is 10.2 Å². The molecule has 0 aromatic heterocycles. The highest BCUT2D eigenvalue weighted by Crippen LogP contribution is 2.13. The summed E-state index contributed by atoms with van der Waals surface area (Å²) in [5, 5.41) is 14.7. The fourth-order valence-corrected chi connectivity index (χ4v) is 1.23. The van der Waals surface area contributed by atoms with Gasteiger partial charge in [-0.25, -0.2) is 14.9 Å². The van der Waals surface area contributed by atoms with Crippen LogP contribution < -0.4 is 15.8 Å². The van der Waals surface area contributed by atoms with Crippen molar-refractivity contribution in [1.29, 1.82) is 0 Å². The molecule has 0 fully saturated rings. The second-order valence-electron chi connectivity index (χ2n) is 3.99. The molecule has 3 N–H and O–H groups in total. The summed E-state index contributed by atoms with van der Waals surface area (Å²) in [7, 11) is 3.14. The van der Waals surface area contributed by atoms with Crippen LogP contribution in [-0.4, -0.2) is 36.1 Å². The van der Waals surface area contributed by atoms with Crippen molar-refractivity contribution in [2.45, 2.75) is 6.54 Å². The zero-order valence-electron chi connectivity index (χ0n) is 11.1. The lowest BCUT2D eigenvalue weighted by atomic mass is 10.2. The van der Waals surface area contributed by atoms with E-state index in [-0.39, 0.29) is 12.5 Å². The van der Waals surface area contributed by atoms with Crippen LogP contribution in [0.15, 0.2) is 29.4 Å². The van der Waals surface area contributed by atoms with Gasteiger partial charge in [-0.2, -0.15) is 0 Å². The molecular weight excluding hydrogens is 266 g/mol. The minimum atomic E-state index is -0.891. The quantitative estimate of drug-likeness (QED) is 0.355. The van der Waals surface area contributed by atoms with Gasteiger partial charge in [-0.1, -0.05) is 12.1 Å². The van der Waals surface area contributed by atoms with Crippen LogP contribution >= 0.6 is 0 Å². The molecule has 1 aromatic carbocycles. The number of benzene rings is 1. The van der Waals surface area contributed by atoms with Gasteiger partial charge in [0, 0.05) is 20.6 Å².